The van der Waals surface area contributed by atoms with Gasteiger partial charge in [-0.25, -0.2) is 0 Å². The van der Waals surface area contributed by atoms with Gasteiger partial charge in [0.15, 0.2) is 0 Å². The molecule has 19 heavy (non-hydrogen) atoms. The van der Waals surface area contributed by atoms with Crippen molar-refractivity contribution in [2.75, 3.05) is 0 Å². The zero-order valence-electron chi connectivity index (χ0n) is 9.16. The van der Waals surface area contributed by atoms with Crippen LogP contribution in [0.4, 0.5) is 17.6 Å². The van der Waals surface area contributed by atoms with E-state index in [9.17, 15) is 17.6 Å². The molecule has 4 nitrogen and oxygen atoms in total. The zero-order valence-corrected chi connectivity index (χ0v) is 11.3. The molecule has 2 rings (SSSR count). The fourth-order valence-electron chi connectivity index (χ4n) is 1.41. The zero-order chi connectivity index (χ0) is 14.3. The average molecular weight is 387 g/mol. The van der Waals surface area contributed by atoms with Crippen LogP contribution in [0.1, 0.15) is 5.56 Å². The van der Waals surface area contributed by atoms with Crippen LogP contribution in [-0.2, 0) is 3.07 Å². The van der Waals surface area contributed by atoms with Crippen molar-refractivity contribution in [2.24, 2.45) is 5.11 Å². The molecule has 1 aromatic carbocycles. The van der Waals surface area contributed by atoms with E-state index in [1.807, 2.05) is 5.11 Å². The summed E-state index contributed by atoms with van der Waals surface area (Å²) in [4.78, 5) is 1.76. The summed E-state index contributed by atoms with van der Waals surface area (Å²) in [5.74, 6) is -0.0581. The van der Waals surface area contributed by atoms with Crippen LogP contribution in [0, 0.1) is 3.57 Å². The summed E-state index contributed by atoms with van der Waals surface area (Å²) in [5, 5.41) is 1.90. The Morgan fingerprint density at radius 1 is 1.26 bits per heavy atom. The molecular weight excluding hydrogens is 381 g/mol. The number of fused-ring (bicyclic) bond motifs is 1. The van der Waals surface area contributed by atoms with Gasteiger partial charge < -0.3 is 0 Å². The van der Waals surface area contributed by atoms with Gasteiger partial charge in [0.25, 0.3) is 0 Å². The molecule has 0 saturated heterocycles. The normalized spacial score (nSPS) is 16.6. The molecule has 9 heteroatoms. The van der Waals surface area contributed by atoms with Crippen LogP contribution in [0.15, 0.2) is 36.0 Å². The molecule has 0 N–H and O–H groups in total. The fraction of sp³-hybridized carbons (Fsp3) is 0.200. The quantitative estimate of drug-likeness (QED) is 0.140. The first-order valence-electron chi connectivity index (χ1n) is 4.80. The molecule has 0 fully saturated rings. The molecular formula is C10H6F4IN3O. The van der Waals surface area contributed by atoms with Crippen LogP contribution in [0.25, 0.3) is 16.2 Å². The van der Waals surface area contributed by atoms with Crippen molar-refractivity contribution >= 4 is 26.0 Å². The molecule has 0 aromatic heterocycles. The maximum atomic E-state index is 13.8. The molecule has 0 amide bonds. The van der Waals surface area contributed by atoms with Gasteiger partial charge >= 0.3 is 112 Å². The van der Waals surface area contributed by atoms with Crippen molar-refractivity contribution in [1.82, 2.24) is 0 Å². The molecule has 0 radical (unpaired) electrons. The van der Waals surface area contributed by atoms with Crippen molar-refractivity contribution < 1.29 is 20.6 Å². The summed E-state index contributed by atoms with van der Waals surface area (Å²) >= 11 is -4.06. The first-order chi connectivity index (χ1) is 8.81. The van der Waals surface area contributed by atoms with Crippen molar-refractivity contribution in [3.05, 3.63) is 50.4 Å². The van der Waals surface area contributed by atoms with Crippen LogP contribution in [-0.4, -0.2) is 9.98 Å². The van der Waals surface area contributed by atoms with E-state index in [-0.39, 0.29) is 9.33 Å². The Morgan fingerprint density at radius 2 is 1.89 bits per heavy atom. The van der Waals surface area contributed by atoms with Gasteiger partial charge in [0, 0.05) is 0 Å². The topological polar surface area (TPSA) is 58.0 Å². The Labute approximate surface area is 112 Å². The molecule has 1 aromatic rings. The maximum absolute atomic E-state index is 13.8. The van der Waals surface area contributed by atoms with E-state index in [2.05, 4.69) is 6.58 Å². The molecule has 0 unspecified atom stereocenters. The van der Waals surface area contributed by atoms with E-state index in [4.69, 9.17) is 8.60 Å². The van der Waals surface area contributed by atoms with Gasteiger partial charge in [-0.15, -0.1) is 0 Å². The summed E-state index contributed by atoms with van der Waals surface area (Å²) in [6.07, 6.45) is 0. The Morgan fingerprint density at radius 3 is 2.53 bits per heavy atom. The third-order valence-electron chi connectivity index (χ3n) is 2.26. The van der Waals surface area contributed by atoms with Crippen molar-refractivity contribution in [3.63, 3.8) is 0 Å². The van der Waals surface area contributed by atoms with E-state index < -0.39 is 30.2 Å². The minimum absolute atomic E-state index is 0.0366. The third-order valence-corrected chi connectivity index (χ3v) is 7.10. The van der Waals surface area contributed by atoms with Gasteiger partial charge in [-0.1, -0.05) is 0 Å². The predicted molar refractivity (Wildman–Crippen MR) is 68.3 cm³/mol. The number of rotatable bonds is 3. The summed E-state index contributed by atoms with van der Waals surface area (Å²) < 4.78 is 54.5. The first-order valence-corrected chi connectivity index (χ1v) is 7.84. The Kier molecular flexibility index (Phi) is 3.35. The van der Waals surface area contributed by atoms with E-state index in [0.717, 1.165) is 0 Å². The van der Waals surface area contributed by atoms with Crippen LogP contribution >= 0.6 is 20.2 Å². The van der Waals surface area contributed by atoms with E-state index in [1.165, 1.54) is 18.2 Å². The molecule has 0 aliphatic carbocycles. The second-order valence-electron chi connectivity index (χ2n) is 3.46. The standard InChI is InChI=1S/C10H6F4IN3O/c1-6-7-4-2-3-5-8(7)15(19-6)9(11,12)10(13,14)17-18-16/h2-5H,1H2. The molecule has 0 atom stereocenters. The minimum atomic E-state index is -4.83. The Bertz CT molecular complexity index is 586. The number of azide groups is 1. The summed E-state index contributed by atoms with van der Waals surface area (Å²) in [6.45, 7) is 3.42. The predicted octanol–water partition coefficient (Wildman–Crippen LogP) is 4.77. The number of hydrogen-bond acceptors (Lipinski definition) is 2. The molecule has 1 aliphatic heterocycles. The second kappa shape index (κ2) is 4.57. The van der Waals surface area contributed by atoms with Gasteiger partial charge in [0.05, 0.1) is 0 Å². The van der Waals surface area contributed by atoms with Crippen LogP contribution in [0.2, 0.25) is 0 Å². The molecule has 0 saturated carbocycles. The summed E-state index contributed by atoms with van der Waals surface area (Å²) in [5.41, 5.74) is 8.25. The molecule has 0 spiro atoms. The second-order valence-corrected chi connectivity index (χ2v) is 7.84. The van der Waals surface area contributed by atoms with Crippen molar-refractivity contribution in [2.45, 2.75) is 9.98 Å². The number of nitrogens with zero attached hydrogens (tertiary/aromatic N) is 3. The van der Waals surface area contributed by atoms with Gasteiger partial charge in [-0.2, -0.15) is 0 Å². The number of alkyl halides is 5. The van der Waals surface area contributed by atoms with Gasteiger partial charge in [0.2, 0.25) is 0 Å². The van der Waals surface area contributed by atoms with Gasteiger partial charge in [-0.3, -0.25) is 0 Å². The molecule has 0 bridgehead atoms. The van der Waals surface area contributed by atoms with E-state index in [1.54, 1.807) is 11.0 Å². The monoisotopic (exact) mass is 387 g/mol. The van der Waals surface area contributed by atoms with Gasteiger partial charge in [0.1, 0.15) is 0 Å². The molecule has 102 valence electrons. The van der Waals surface area contributed by atoms with Crippen LogP contribution in [0.5, 0.6) is 0 Å². The Balaban J connectivity index is 2.49. The SMILES string of the molecule is C=C1OI(C(F)(F)C(F)(F)N=[N+]=[N-])c2ccccc21. The number of halogens is 5. The van der Waals surface area contributed by atoms with Crippen LogP contribution in [0.3, 0.4) is 0 Å². The van der Waals surface area contributed by atoms with E-state index in [0.29, 0.717) is 5.56 Å². The summed E-state index contributed by atoms with van der Waals surface area (Å²) in [7, 11) is 0. The Hall–Kier alpha value is -1.48. The van der Waals surface area contributed by atoms with Crippen LogP contribution < -0.4 is 0 Å². The number of benzene rings is 1. The fourth-order valence-corrected chi connectivity index (χ4v) is 5.66. The first kappa shape index (κ1) is 13.9. The third kappa shape index (κ3) is 2.12. The van der Waals surface area contributed by atoms with Crippen molar-refractivity contribution in [1.29, 1.82) is 0 Å². The molecule has 1 heterocycles. The average Bonchev–Trinajstić information content (AvgIpc) is 2.68. The summed E-state index contributed by atoms with van der Waals surface area (Å²) in [6, 6.07) is 0.962. The van der Waals surface area contributed by atoms with E-state index >= 15 is 0 Å². The van der Waals surface area contributed by atoms with Gasteiger partial charge in [-0.05, 0) is 0 Å². The van der Waals surface area contributed by atoms with Crippen molar-refractivity contribution in [3.8, 4) is 0 Å². The molecule has 1 aliphatic rings. The number of hydrogen-bond donors (Lipinski definition) is 0.